The minimum Gasteiger partial charge on any atom is -0.493 e. The average Bonchev–Trinajstić information content (AvgIpc) is 3.06. The van der Waals surface area contributed by atoms with Gasteiger partial charge >= 0.3 is 0 Å². The van der Waals surface area contributed by atoms with Crippen molar-refractivity contribution in [2.24, 2.45) is 0 Å². The van der Waals surface area contributed by atoms with Gasteiger partial charge in [-0.15, -0.1) is 0 Å². The lowest BCUT2D eigenvalue weighted by Gasteiger charge is -2.13. The molecule has 1 unspecified atom stereocenters. The Labute approximate surface area is 112 Å². The van der Waals surface area contributed by atoms with E-state index in [4.69, 9.17) is 4.74 Å². The molecule has 3 rings (SSSR count). The molecule has 2 heterocycles. The summed E-state index contributed by atoms with van der Waals surface area (Å²) in [5.74, 6) is 0.840. The molecule has 0 spiro atoms. The van der Waals surface area contributed by atoms with E-state index in [0.29, 0.717) is 12.6 Å². The van der Waals surface area contributed by atoms with E-state index in [1.807, 2.05) is 23.0 Å². The lowest BCUT2D eigenvalue weighted by molar-refractivity contribution is 0.213. The summed E-state index contributed by atoms with van der Waals surface area (Å²) in [6, 6.07) is 6.23. The standard InChI is InChI=1S/C15H18N2O2/c1-10(2)17-9-12(8-16-17)14(18)13-5-3-4-11-6-7-19-15(11)13/h3-5,8-10,14,18H,6-7H2,1-2H3. The molecule has 19 heavy (non-hydrogen) atoms. The summed E-state index contributed by atoms with van der Waals surface area (Å²) in [5.41, 5.74) is 2.81. The summed E-state index contributed by atoms with van der Waals surface area (Å²) in [5, 5.41) is 14.8. The maximum absolute atomic E-state index is 10.5. The number of aliphatic hydroxyl groups is 1. The van der Waals surface area contributed by atoms with Gasteiger partial charge < -0.3 is 9.84 Å². The zero-order chi connectivity index (χ0) is 13.4. The summed E-state index contributed by atoms with van der Waals surface area (Å²) in [6.45, 7) is 4.82. The number of benzene rings is 1. The first-order valence-electron chi connectivity index (χ1n) is 6.63. The van der Waals surface area contributed by atoms with Crippen LogP contribution in [0.1, 0.15) is 42.7 Å². The first kappa shape index (κ1) is 12.2. The first-order valence-corrected chi connectivity index (χ1v) is 6.63. The predicted octanol–water partition coefficient (Wildman–Crippen LogP) is 2.48. The van der Waals surface area contributed by atoms with Gasteiger partial charge in [0, 0.05) is 29.8 Å². The van der Waals surface area contributed by atoms with Crippen molar-refractivity contribution in [1.29, 1.82) is 0 Å². The summed E-state index contributed by atoms with van der Waals surface area (Å²) >= 11 is 0. The average molecular weight is 258 g/mol. The molecule has 2 aromatic rings. The molecular formula is C15H18N2O2. The van der Waals surface area contributed by atoms with E-state index < -0.39 is 6.10 Å². The maximum Gasteiger partial charge on any atom is 0.128 e. The Balaban J connectivity index is 1.95. The van der Waals surface area contributed by atoms with E-state index >= 15 is 0 Å². The van der Waals surface area contributed by atoms with Gasteiger partial charge in [-0.05, 0) is 19.4 Å². The highest BCUT2D eigenvalue weighted by Crippen LogP contribution is 2.36. The molecule has 1 aliphatic rings. The molecule has 1 aromatic carbocycles. The number of fused-ring (bicyclic) bond motifs is 1. The first-order chi connectivity index (χ1) is 9.16. The normalized spacial score (nSPS) is 15.4. The Morgan fingerprint density at radius 2 is 2.21 bits per heavy atom. The number of aromatic nitrogens is 2. The number of rotatable bonds is 3. The number of para-hydroxylation sites is 1. The van der Waals surface area contributed by atoms with Gasteiger partial charge in [-0.1, -0.05) is 18.2 Å². The lowest BCUT2D eigenvalue weighted by atomic mass is 10.0. The molecule has 0 amide bonds. The fraction of sp³-hybridized carbons (Fsp3) is 0.400. The van der Waals surface area contributed by atoms with Crippen molar-refractivity contribution in [3.05, 3.63) is 47.3 Å². The van der Waals surface area contributed by atoms with Gasteiger partial charge in [-0.25, -0.2) is 0 Å². The van der Waals surface area contributed by atoms with Crippen molar-refractivity contribution in [2.75, 3.05) is 6.61 Å². The van der Waals surface area contributed by atoms with Crippen LogP contribution in [0.4, 0.5) is 0 Å². The van der Waals surface area contributed by atoms with Crippen LogP contribution >= 0.6 is 0 Å². The summed E-state index contributed by atoms with van der Waals surface area (Å²) in [6.07, 6.45) is 3.85. The highest BCUT2D eigenvalue weighted by atomic mass is 16.5. The topological polar surface area (TPSA) is 47.3 Å². The summed E-state index contributed by atoms with van der Waals surface area (Å²) in [7, 11) is 0. The Morgan fingerprint density at radius 1 is 1.37 bits per heavy atom. The number of nitrogens with zero attached hydrogens (tertiary/aromatic N) is 2. The van der Waals surface area contributed by atoms with Crippen LogP contribution in [0.2, 0.25) is 0 Å². The second kappa shape index (κ2) is 4.70. The fourth-order valence-corrected chi connectivity index (χ4v) is 2.41. The molecule has 100 valence electrons. The van der Waals surface area contributed by atoms with E-state index in [1.54, 1.807) is 6.20 Å². The molecule has 0 bridgehead atoms. The highest BCUT2D eigenvalue weighted by molar-refractivity contribution is 5.47. The molecule has 4 heteroatoms. The van der Waals surface area contributed by atoms with Crippen LogP contribution in [-0.2, 0) is 6.42 Å². The van der Waals surface area contributed by atoms with Crippen LogP contribution < -0.4 is 4.74 Å². The van der Waals surface area contributed by atoms with Crippen molar-refractivity contribution >= 4 is 0 Å². The molecule has 0 aliphatic carbocycles. The zero-order valence-corrected chi connectivity index (χ0v) is 11.2. The Morgan fingerprint density at radius 3 is 2.95 bits per heavy atom. The minimum absolute atomic E-state index is 0.290. The monoisotopic (exact) mass is 258 g/mol. The third-order valence-electron chi connectivity index (χ3n) is 3.51. The van der Waals surface area contributed by atoms with Crippen LogP contribution in [0.3, 0.4) is 0 Å². The van der Waals surface area contributed by atoms with Crippen molar-refractivity contribution in [3.63, 3.8) is 0 Å². The molecule has 1 N–H and O–H groups in total. The second-order valence-corrected chi connectivity index (χ2v) is 5.18. The molecule has 0 saturated heterocycles. The molecule has 1 aromatic heterocycles. The Hall–Kier alpha value is -1.81. The third kappa shape index (κ3) is 2.12. The van der Waals surface area contributed by atoms with Crippen molar-refractivity contribution in [3.8, 4) is 5.75 Å². The van der Waals surface area contributed by atoms with Gasteiger partial charge in [0.15, 0.2) is 0 Å². The van der Waals surface area contributed by atoms with Gasteiger partial charge in [0.25, 0.3) is 0 Å². The van der Waals surface area contributed by atoms with Crippen molar-refractivity contribution in [1.82, 2.24) is 9.78 Å². The van der Waals surface area contributed by atoms with Gasteiger partial charge in [0.2, 0.25) is 0 Å². The summed E-state index contributed by atoms with van der Waals surface area (Å²) < 4.78 is 7.49. The number of hydrogen-bond donors (Lipinski definition) is 1. The summed E-state index contributed by atoms with van der Waals surface area (Å²) in [4.78, 5) is 0. The number of aliphatic hydroxyl groups excluding tert-OH is 1. The molecule has 4 nitrogen and oxygen atoms in total. The van der Waals surface area contributed by atoms with Gasteiger partial charge in [0.1, 0.15) is 11.9 Å². The molecular weight excluding hydrogens is 240 g/mol. The molecule has 1 atom stereocenters. The van der Waals surface area contributed by atoms with Crippen LogP contribution in [0.5, 0.6) is 5.75 Å². The van der Waals surface area contributed by atoms with Crippen LogP contribution in [0, 0.1) is 0 Å². The quantitative estimate of drug-likeness (QED) is 0.920. The molecule has 1 aliphatic heterocycles. The smallest absolute Gasteiger partial charge is 0.128 e. The van der Waals surface area contributed by atoms with Gasteiger partial charge in [-0.2, -0.15) is 5.10 Å². The van der Waals surface area contributed by atoms with Crippen molar-refractivity contribution in [2.45, 2.75) is 32.4 Å². The molecule has 0 radical (unpaired) electrons. The van der Waals surface area contributed by atoms with Gasteiger partial charge in [0.05, 0.1) is 12.8 Å². The zero-order valence-electron chi connectivity index (χ0n) is 11.2. The lowest BCUT2D eigenvalue weighted by Crippen LogP contribution is -2.02. The van der Waals surface area contributed by atoms with E-state index in [9.17, 15) is 5.11 Å². The van der Waals surface area contributed by atoms with Gasteiger partial charge in [-0.3, -0.25) is 4.68 Å². The van der Waals surface area contributed by atoms with Crippen molar-refractivity contribution < 1.29 is 9.84 Å². The molecule has 0 fully saturated rings. The SMILES string of the molecule is CC(C)n1cc(C(O)c2cccc3c2OCC3)cn1. The largest absolute Gasteiger partial charge is 0.493 e. The number of hydrogen-bond acceptors (Lipinski definition) is 3. The van der Waals surface area contributed by atoms with Crippen LogP contribution in [0.15, 0.2) is 30.6 Å². The Kier molecular flexibility index (Phi) is 3.03. The second-order valence-electron chi connectivity index (χ2n) is 5.18. The minimum atomic E-state index is -0.680. The molecule has 0 saturated carbocycles. The van der Waals surface area contributed by atoms with E-state index in [2.05, 4.69) is 25.0 Å². The fourth-order valence-electron chi connectivity index (χ4n) is 2.41. The highest BCUT2D eigenvalue weighted by Gasteiger charge is 2.22. The van der Waals surface area contributed by atoms with E-state index in [0.717, 1.165) is 23.3 Å². The third-order valence-corrected chi connectivity index (χ3v) is 3.51. The van der Waals surface area contributed by atoms with Crippen LogP contribution in [-0.4, -0.2) is 21.5 Å². The number of ether oxygens (including phenoxy) is 1. The Bertz CT molecular complexity index is 590. The maximum atomic E-state index is 10.5. The van der Waals surface area contributed by atoms with E-state index in [-0.39, 0.29) is 0 Å². The predicted molar refractivity (Wildman–Crippen MR) is 72.3 cm³/mol. The van der Waals surface area contributed by atoms with Crippen LogP contribution in [0.25, 0.3) is 0 Å². The van der Waals surface area contributed by atoms with E-state index in [1.165, 1.54) is 5.56 Å².